The molecule has 5 nitrogen and oxygen atoms in total. The topological polar surface area (TPSA) is 71.7 Å². The molecule has 4 atom stereocenters. The Labute approximate surface area is 184 Å². The van der Waals surface area contributed by atoms with E-state index in [1.165, 1.54) is 12.8 Å². The fraction of sp³-hybridized carbons (Fsp3) is 0.654. The molecule has 5 heteroatoms. The van der Waals surface area contributed by atoms with Crippen molar-refractivity contribution in [3.8, 4) is 5.75 Å². The minimum atomic E-state index is -0.600. The number of carbonyl (C=O) groups is 1. The molecule has 0 saturated heterocycles. The highest BCUT2D eigenvalue weighted by molar-refractivity contribution is 6.00. The number of rotatable bonds is 2. The van der Waals surface area contributed by atoms with Crippen LogP contribution in [0.1, 0.15) is 99.4 Å². The van der Waals surface area contributed by atoms with Crippen LogP contribution < -0.4 is 10.1 Å². The van der Waals surface area contributed by atoms with Gasteiger partial charge in [0, 0.05) is 29.0 Å². The van der Waals surface area contributed by atoms with Crippen molar-refractivity contribution in [2.75, 3.05) is 0 Å². The molecule has 2 aromatic rings. The van der Waals surface area contributed by atoms with Crippen LogP contribution in [0.2, 0.25) is 0 Å². The molecule has 0 radical (unpaired) electrons. The zero-order chi connectivity index (χ0) is 21.8. The Balaban J connectivity index is 1.47. The number of ether oxygens (including phenoxy) is 1. The van der Waals surface area contributed by atoms with Gasteiger partial charge in [0.15, 0.2) is 5.76 Å². The van der Waals surface area contributed by atoms with Crippen LogP contribution in [-0.2, 0) is 0 Å². The molecule has 2 saturated carbocycles. The number of aliphatic hydroxyl groups is 1. The number of carbonyl (C=O) groups excluding carboxylic acids is 1. The second kappa shape index (κ2) is 7.84. The van der Waals surface area contributed by atoms with Gasteiger partial charge in [-0.2, -0.15) is 0 Å². The first-order valence-electron chi connectivity index (χ1n) is 12.1. The molecular weight excluding hydrogens is 390 g/mol. The van der Waals surface area contributed by atoms with Crippen molar-refractivity contribution in [2.24, 2.45) is 11.8 Å². The minimum absolute atomic E-state index is 0.150. The number of hydrogen-bond donors (Lipinski definition) is 2. The lowest BCUT2D eigenvalue weighted by molar-refractivity contribution is -0.0373. The van der Waals surface area contributed by atoms with Crippen molar-refractivity contribution in [3.05, 3.63) is 29.0 Å². The molecule has 5 rings (SSSR count). The smallest absolute Gasteiger partial charge is 0.287 e. The molecule has 0 bridgehead atoms. The summed E-state index contributed by atoms with van der Waals surface area (Å²) in [6.45, 7) is 6.42. The molecule has 2 heterocycles. The van der Waals surface area contributed by atoms with Gasteiger partial charge in [-0.3, -0.25) is 4.79 Å². The molecular formula is C26H35NO4. The van der Waals surface area contributed by atoms with Crippen molar-refractivity contribution < 1.29 is 19.1 Å². The maximum Gasteiger partial charge on any atom is 0.287 e. The quantitative estimate of drug-likeness (QED) is 0.636. The fourth-order valence-electron chi connectivity index (χ4n) is 6.24. The number of hydrogen-bond acceptors (Lipinski definition) is 4. The van der Waals surface area contributed by atoms with E-state index in [-0.39, 0.29) is 17.6 Å². The number of fused-ring (bicyclic) bond motifs is 3. The lowest BCUT2D eigenvalue weighted by Crippen LogP contribution is -2.43. The maximum absolute atomic E-state index is 13.1. The monoisotopic (exact) mass is 425 g/mol. The first-order valence-corrected chi connectivity index (χ1v) is 12.1. The third-order valence-electron chi connectivity index (χ3n) is 8.31. The Morgan fingerprint density at radius 3 is 2.68 bits per heavy atom. The van der Waals surface area contributed by atoms with Crippen molar-refractivity contribution >= 4 is 16.9 Å². The van der Waals surface area contributed by atoms with Gasteiger partial charge in [0.2, 0.25) is 0 Å². The van der Waals surface area contributed by atoms with E-state index in [1.54, 1.807) is 0 Å². The summed E-state index contributed by atoms with van der Waals surface area (Å²) in [6.07, 6.45) is 8.94. The average molecular weight is 426 g/mol. The molecule has 1 amide bonds. The highest BCUT2D eigenvalue weighted by Crippen LogP contribution is 2.49. The van der Waals surface area contributed by atoms with Crippen LogP contribution in [-0.4, -0.2) is 22.7 Å². The van der Waals surface area contributed by atoms with Gasteiger partial charge in [0.05, 0.1) is 6.10 Å². The van der Waals surface area contributed by atoms with E-state index >= 15 is 0 Å². The van der Waals surface area contributed by atoms with E-state index in [9.17, 15) is 9.90 Å². The van der Waals surface area contributed by atoms with E-state index in [0.717, 1.165) is 60.8 Å². The van der Waals surface area contributed by atoms with Crippen molar-refractivity contribution in [2.45, 2.75) is 96.3 Å². The molecule has 2 aliphatic carbocycles. The zero-order valence-corrected chi connectivity index (χ0v) is 19.0. The van der Waals surface area contributed by atoms with E-state index in [4.69, 9.17) is 9.15 Å². The predicted molar refractivity (Wildman–Crippen MR) is 120 cm³/mol. The Morgan fingerprint density at radius 2 is 1.90 bits per heavy atom. The van der Waals surface area contributed by atoms with Crippen LogP contribution >= 0.6 is 0 Å². The zero-order valence-electron chi connectivity index (χ0n) is 19.0. The minimum Gasteiger partial charge on any atom is -0.487 e. The van der Waals surface area contributed by atoms with E-state index in [0.29, 0.717) is 29.6 Å². The highest BCUT2D eigenvalue weighted by Gasteiger charge is 2.42. The SMILES string of the molecule is Cc1c(C(=O)N[C@@H]2CCC[C@H](C)[C@@H]2C)oc2ccc3c(c12)[C@H](O)CC1(CCCCC1)O3. The van der Waals surface area contributed by atoms with Gasteiger partial charge in [-0.1, -0.05) is 33.1 Å². The number of furan rings is 1. The summed E-state index contributed by atoms with van der Waals surface area (Å²) < 4.78 is 12.5. The van der Waals surface area contributed by atoms with Gasteiger partial charge in [0.25, 0.3) is 5.91 Å². The van der Waals surface area contributed by atoms with Gasteiger partial charge in [0.1, 0.15) is 16.9 Å². The average Bonchev–Trinajstić information content (AvgIpc) is 3.08. The van der Waals surface area contributed by atoms with Crippen molar-refractivity contribution in [3.63, 3.8) is 0 Å². The van der Waals surface area contributed by atoms with E-state index in [1.807, 2.05) is 19.1 Å². The second-order valence-corrected chi connectivity index (χ2v) is 10.3. The summed E-state index contributed by atoms with van der Waals surface area (Å²) in [5.74, 6) is 2.03. The number of nitrogens with one attached hydrogen (secondary N) is 1. The van der Waals surface area contributed by atoms with Crippen molar-refractivity contribution in [1.29, 1.82) is 0 Å². The Kier molecular flexibility index (Phi) is 5.28. The normalized spacial score (nSPS) is 30.1. The predicted octanol–water partition coefficient (Wildman–Crippen LogP) is 5.81. The lowest BCUT2D eigenvalue weighted by Gasteiger charge is -2.43. The molecule has 1 spiro atoms. The number of amides is 1. The molecule has 31 heavy (non-hydrogen) atoms. The standard InChI is InChI=1S/C26H35NO4/c1-15-8-7-9-18(16(15)2)27-25(29)24-17(3)22-20(30-24)10-11-21-23(22)19(28)14-26(31-21)12-5-4-6-13-26/h10-11,15-16,18-19,28H,4-9,12-14H2,1-3H3,(H,27,29)/t15-,16-,18+,19+/m0/s1. The molecule has 2 N–H and O–H groups in total. The maximum atomic E-state index is 13.1. The summed E-state index contributed by atoms with van der Waals surface area (Å²) in [4.78, 5) is 13.1. The van der Waals surface area contributed by atoms with Crippen LogP contribution in [0, 0.1) is 18.8 Å². The van der Waals surface area contributed by atoms with Crippen LogP contribution in [0.4, 0.5) is 0 Å². The van der Waals surface area contributed by atoms with Crippen LogP contribution in [0.3, 0.4) is 0 Å². The van der Waals surface area contributed by atoms with Crippen LogP contribution in [0.5, 0.6) is 5.75 Å². The fourth-order valence-corrected chi connectivity index (χ4v) is 6.24. The number of aryl methyl sites for hydroxylation is 1. The lowest BCUT2D eigenvalue weighted by atomic mass is 9.77. The van der Waals surface area contributed by atoms with Gasteiger partial charge in [-0.25, -0.2) is 0 Å². The molecule has 0 unspecified atom stereocenters. The highest BCUT2D eigenvalue weighted by atomic mass is 16.5. The van der Waals surface area contributed by atoms with Crippen LogP contribution in [0.15, 0.2) is 16.5 Å². The van der Waals surface area contributed by atoms with Gasteiger partial charge in [-0.15, -0.1) is 0 Å². The Hall–Kier alpha value is -2.01. The molecule has 1 aromatic heterocycles. The van der Waals surface area contributed by atoms with Gasteiger partial charge in [-0.05, 0) is 63.0 Å². The summed E-state index contributed by atoms with van der Waals surface area (Å²) in [7, 11) is 0. The Bertz CT molecular complexity index is 987. The largest absolute Gasteiger partial charge is 0.487 e. The summed E-state index contributed by atoms with van der Waals surface area (Å²) in [6, 6.07) is 3.97. The molecule has 3 aliphatic rings. The molecule has 1 aromatic carbocycles. The molecule has 1 aliphatic heterocycles. The van der Waals surface area contributed by atoms with E-state index in [2.05, 4.69) is 19.2 Å². The third kappa shape index (κ3) is 3.55. The first kappa shape index (κ1) is 20.9. The van der Waals surface area contributed by atoms with E-state index < -0.39 is 6.10 Å². The summed E-state index contributed by atoms with van der Waals surface area (Å²) in [5, 5.41) is 15.2. The number of benzene rings is 1. The van der Waals surface area contributed by atoms with Gasteiger partial charge >= 0.3 is 0 Å². The van der Waals surface area contributed by atoms with Crippen molar-refractivity contribution in [1.82, 2.24) is 5.32 Å². The Morgan fingerprint density at radius 1 is 1.13 bits per heavy atom. The first-order chi connectivity index (χ1) is 14.9. The summed E-state index contributed by atoms with van der Waals surface area (Å²) >= 11 is 0. The summed E-state index contributed by atoms with van der Waals surface area (Å²) in [5.41, 5.74) is 1.98. The second-order valence-electron chi connectivity index (χ2n) is 10.3. The number of aliphatic hydroxyl groups excluding tert-OH is 1. The van der Waals surface area contributed by atoms with Crippen LogP contribution in [0.25, 0.3) is 11.0 Å². The molecule has 168 valence electrons. The third-order valence-corrected chi connectivity index (χ3v) is 8.31. The van der Waals surface area contributed by atoms with Gasteiger partial charge < -0.3 is 19.6 Å². The molecule has 2 fully saturated rings.